The van der Waals surface area contributed by atoms with Crippen LogP contribution in [0.3, 0.4) is 0 Å². The SMILES string of the molecule is CC(C)COC1CC(Nc2c(F)cccc2Cl)C1(C)C. The molecule has 1 N–H and O–H groups in total. The zero-order valence-electron chi connectivity index (χ0n) is 12.5. The average Bonchev–Trinajstić information content (AvgIpc) is 2.35. The maximum absolute atomic E-state index is 13.8. The number of para-hydroxylation sites is 1. The summed E-state index contributed by atoms with van der Waals surface area (Å²) in [5.41, 5.74) is 0.370. The van der Waals surface area contributed by atoms with E-state index in [9.17, 15) is 4.39 Å². The van der Waals surface area contributed by atoms with E-state index in [-0.39, 0.29) is 23.4 Å². The van der Waals surface area contributed by atoms with Gasteiger partial charge >= 0.3 is 0 Å². The lowest BCUT2D eigenvalue weighted by atomic mass is 9.64. The Morgan fingerprint density at radius 1 is 1.45 bits per heavy atom. The van der Waals surface area contributed by atoms with Gasteiger partial charge in [-0.15, -0.1) is 0 Å². The van der Waals surface area contributed by atoms with Crippen molar-refractivity contribution < 1.29 is 9.13 Å². The Kier molecular flexibility index (Phi) is 4.60. The molecule has 2 nitrogen and oxygen atoms in total. The molecule has 0 heterocycles. The normalized spacial score (nSPS) is 24.6. The van der Waals surface area contributed by atoms with E-state index < -0.39 is 0 Å². The molecule has 1 aliphatic carbocycles. The first-order valence-electron chi connectivity index (χ1n) is 7.14. The fourth-order valence-electron chi connectivity index (χ4n) is 2.53. The predicted molar refractivity (Wildman–Crippen MR) is 81.8 cm³/mol. The second-order valence-corrected chi connectivity index (χ2v) is 6.97. The largest absolute Gasteiger partial charge is 0.378 e. The third-order valence-corrected chi connectivity index (χ3v) is 4.40. The molecular weight excluding hydrogens is 277 g/mol. The molecule has 0 amide bonds. The lowest BCUT2D eigenvalue weighted by Crippen LogP contribution is -2.58. The van der Waals surface area contributed by atoms with E-state index in [1.54, 1.807) is 12.1 Å². The summed E-state index contributed by atoms with van der Waals surface area (Å²) in [4.78, 5) is 0. The summed E-state index contributed by atoms with van der Waals surface area (Å²) < 4.78 is 19.7. The topological polar surface area (TPSA) is 21.3 Å². The van der Waals surface area contributed by atoms with Crippen molar-refractivity contribution >= 4 is 17.3 Å². The van der Waals surface area contributed by atoms with E-state index in [0.717, 1.165) is 13.0 Å². The van der Waals surface area contributed by atoms with Gasteiger partial charge in [0.05, 0.1) is 16.8 Å². The summed E-state index contributed by atoms with van der Waals surface area (Å²) in [5, 5.41) is 3.66. The zero-order valence-corrected chi connectivity index (χ0v) is 13.3. The molecule has 0 spiro atoms. The Hall–Kier alpha value is -0.800. The number of hydrogen-bond acceptors (Lipinski definition) is 2. The van der Waals surface area contributed by atoms with Gasteiger partial charge in [0, 0.05) is 18.1 Å². The van der Waals surface area contributed by atoms with E-state index in [4.69, 9.17) is 16.3 Å². The highest BCUT2D eigenvalue weighted by molar-refractivity contribution is 6.33. The molecule has 1 aromatic carbocycles. The van der Waals surface area contributed by atoms with Crippen LogP contribution in [0.1, 0.15) is 34.1 Å². The fourth-order valence-corrected chi connectivity index (χ4v) is 2.75. The highest BCUT2D eigenvalue weighted by Crippen LogP contribution is 2.45. The van der Waals surface area contributed by atoms with Gasteiger partial charge in [0.15, 0.2) is 0 Å². The highest BCUT2D eigenvalue weighted by atomic mass is 35.5. The lowest BCUT2D eigenvalue weighted by Gasteiger charge is -2.52. The molecule has 2 unspecified atom stereocenters. The van der Waals surface area contributed by atoms with Gasteiger partial charge in [-0.25, -0.2) is 4.39 Å². The quantitative estimate of drug-likeness (QED) is 0.848. The molecule has 0 bridgehead atoms. The van der Waals surface area contributed by atoms with Crippen molar-refractivity contribution in [2.24, 2.45) is 11.3 Å². The molecule has 20 heavy (non-hydrogen) atoms. The summed E-state index contributed by atoms with van der Waals surface area (Å²) in [6.45, 7) is 9.34. The van der Waals surface area contributed by atoms with Crippen LogP contribution in [0.5, 0.6) is 0 Å². The van der Waals surface area contributed by atoms with Crippen LogP contribution in [-0.2, 0) is 4.74 Å². The molecule has 1 aliphatic rings. The Labute approximate surface area is 125 Å². The van der Waals surface area contributed by atoms with Crippen LogP contribution in [0.25, 0.3) is 0 Å². The first kappa shape index (κ1) is 15.6. The molecule has 0 aromatic heterocycles. The van der Waals surface area contributed by atoms with Crippen LogP contribution in [-0.4, -0.2) is 18.8 Å². The van der Waals surface area contributed by atoms with E-state index in [2.05, 4.69) is 33.0 Å². The van der Waals surface area contributed by atoms with Gasteiger partial charge in [-0.2, -0.15) is 0 Å². The molecule has 112 valence electrons. The third-order valence-electron chi connectivity index (χ3n) is 4.09. The summed E-state index contributed by atoms with van der Waals surface area (Å²) in [6, 6.07) is 4.91. The Morgan fingerprint density at radius 3 is 2.70 bits per heavy atom. The highest BCUT2D eigenvalue weighted by Gasteiger charge is 2.49. The van der Waals surface area contributed by atoms with Gasteiger partial charge in [-0.05, 0) is 24.5 Å². The van der Waals surface area contributed by atoms with Crippen molar-refractivity contribution in [2.75, 3.05) is 11.9 Å². The summed E-state index contributed by atoms with van der Waals surface area (Å²) in [7, 11) is 0. The van der Waals surface area contributed by atoms with Crippen LogP contribution < -0.4 is 5.32 Å². The van der Waals surface area contributed by atoms with Crippen LogP contribution in [0, 0.1) is 17.2 Å². The summed E-state index contributed by atoms with van der Waals surface area (Å²) >= 11 is 6.05. The molecule has 1 aromatic rings. The zero-order chi connectivity index (χ0) is 14.9. The van der Waals surface area contributed by atoms with E-state index in [1.807, 2.05) is 0 Å². The number of halogens is 2. The molecule has 2 atom stereocenters. The maximum atomic E-state index is 13.8. The monoisotopic (exact) mass is 299 g/mol. The van der Waals surface area contributed by atoms with Gasteiger partial charge in [0.1, 0.15) is 5.82 Å². The summed E-state index contributed by atoms with van der Waals surface area (Å²) in [6.07, 6.45) is 1.10. The van der Waals surface area contributed by atoms with Crippen molar-refractivity contribution in [3.8, 4) is 0 Å². The van der Waals surface area contributed by atoms with E-state index >= 15 is 0 Å². The average molecular weight is 300 g/mol. The van der Waals surface area contributed by atoms with Crippen LogP contribution in [0.4, 0.5) is 10.1 Å². The minimum atomic E-state index is -0.306. The minimum Gasteiger partial charge on any atom is -0.378 e. The van der Waals surface area contributed by atoms with Gasteiger partial charge in [-0.1, -0.05) is 45.4 Å². The second-order valence-electron chi connectivity index (χ2n) is 6.57. The van der Waals surface area contributed by atoms with Crippen molar-refractivity contribution in [3.63, 3.8) is 0 Å². The van der Waals surface area contributed by atoms with Crippen molar-refractivity contribution in [1.29, 1.82) is 0 Å². The van der Waals surface area contributed by atoms with Gasteiger partial charge < -0.3 is 10.1 Å². The summed E-state index contributed by atoms with van der Waals surface area (Å²) in [5.74, 6) is 0.221. The smallest absolute Gasteiger partial charge is 0.147 e. The molecule has 0 radical (unpaired) electrons. The standard InChI is InChI=1S/C16H23ClFNO/c1-10(2)9-20-14-8-13(16(14,3)4)19-15-11(17)6-5-7-12(15)18/h5-7,10,13-14,19H,8-9H2,1-4H3. The van der Waals surface area contributed by atoms with Gasteiger partial charge in [0.2, 0.25) is 0 Å². The Morgan fingerprint density at radius 2 is 2.15 bits per heavy atom. The Bertz CT molecular complexity index is 455. The third kappa shape index (κ3) is 3.09. The maximum Gasteiger partial charge on any atom is 0.147 e. The molecule has 1 fully saturated rings. The van der Waals surface area contributed by atoms with Crippen molar-refractivity contribution in [3.05, 3.63) is 29.0 Å². The van der Waals surface area contributed by atoms with Crippen molar-refractivity contribution in [2.45, 2.75) is 46.3 Å². The minimum absolute atomic E-state index is 0.0273. The molecule has 0 aliphatic heterocycles. The molecule has 1 saturated carbocycles. The van der Waals surface area contributed by atoms with Crippen LogP contribution in [0.2, 0.25) is 5.02 Å². The number of ether oxygens (including phenoxy) is 1. The number of nitrogens with one attached hydrogen (secondary N) is 1. The first-order valence-corrected chi connectivity index (χ1v) is 7.52. The molecule has 2 rings (SSSR count). The number of hydrogen-bond donors (Lipinski definition) is 1. The van der Waals surface area contributed by atoms with Gasteiger partial charge in [0.25, 0.3) is 0 Å². The fraction of sp³-hybridized carbons (Fsp3) is 0.625. The van der Waals surface area contributed by atoms with Crippen LogP contribution in [0.15, 0.2) is 18.2 Å². The molecule has 0 saturated heterocycles. The lowest BCUT2D eigenvalue weighted by molar-refractivity contribution is -0.108. The van der Waals surface area contributed by atoms with E-state index in [1.165, 1.54) is 6.07 Å². The molecule has 4 heteroatoms. The van der Waals surface area contributed by atoms with Crippen LogP contribution >= 0.6 is 11.6 Å². The Balaban J connectivity index is 1.99. The second kappa shape index (κ2) is 5.90. The van der Waals surface area contributed by atoms with Crippen molar-refractivity contribution in [1.82, 2.24) is 0 Å². The first-order chi connectivity index (χ1) is 9.32. The van der Waals surface area contributed by atoms with E-state index in [0.29, 0.717) is 16.6 Å². The predicted octanol–water partition coefficient (Wildman–Crippen LogP) is 4.73. The number of anilines is 1. The van der Waals surface area contributed by atoms with Gasteiger partial charge in [-0.3, -0.25) is 0 Å². The number of rotatable bonds is 5. The number of benzene rings is 1. The molecular formula is C16H23ClFNO.